The van der Waals surface area contributed by atoms with Crippen molar-refractivity contribution in [3.8, 4) is 11.8 Å². The van der Waals surface area contributed by atoms with E-state index in [-0.39, 0.29) is 29.9 Å². The second kappa shape index (κ2) is 9.02. The van der Waals surface area contributed by atoms with Crippen molar-refractivity contribution in [3.63, 3.8) is 0 Å². The summed E-state index contributed by atoms with van der Waals surface area (Å²) in [5.41, 5.74) is 0. The summed E-state index contributed by atoms with van der Waals surface area (Å²) in [6, 6.07) is 8.86. The molecule has 0 aliphatic rings. The number of thioether (sulfide) groups is 1. The maximum Gasteiger partial charge on any atom is 0.277 e. The van der Waals surface area contributed by atoms with Gasteiger partial charge in [0.2, 0.25) is 5.91 Å². The Morgan fingerprint density at radius 1 is 1.39 bits per heavy atom. The molecular formula is C14H13ClN4O3S. The number of hydrogen-bond acceptors (Lipinski definition) is 7. The lowest BCUT2D eigenvalue weighted by Gasteiger charge is -2.02. The van der Waals surface area contributed by atoms with Gasteiger partial charge < -0.3 is 14.5 Å². The first-order valence-electron chi connectivity index (χ1n) is 6.64. The van der Waals surface area contributed by atoms with Gasteiger partial charge in [-0.05, 0) is 24.3 Å². The molecule has 9 heteroatoms. The molecule has 0 bridgehead atoms. The lowest BCUT2D eigenvalue weighted by atomic mass is 10.3. The van der Waals surface area contributed by atoms with Crippen LogP contribution in [0.25, 0.3) is 0 Å². The van der Waals surface area contributed by atoms with E-state index in [9.17, 15) is 4.79 Å². The molecule has 0 saturated carbocycles. The van der Waals surface area contributed by atoms with Gasteiger partial charge >= 0.3 is 0 Å². The number of carbonyl (C=O) groups is 1. The van der Waals surface area contributed by atoms with Gasteiger partial charge in [-0.2, -0.15) is 5.26 Å². The third kappa shape index (κ3) is 6.18. The smallest absolute Gasteiger partial charge is 0.277 e. The molecule has 0 saturated heterocycles. The van der Waals surface area contributed by atoms with Crippen molar-refractivity contribution in [1.82, 2.24) is 15.5 Å². The third-order valence-corrected chi connectivity index (χ3v) is 3.58. The highest BCUT2D eigenvalue weighted by Crippen LogP contribution is 2.19. The van der Waals surface area contributed by atoms with E-state index in [2.05, 4.69) is 15.5 Å². The van der Waals surface area contributed by atoms with Crippen molar-refractivity contribution in [2.24, 2.45) is 0 Å². The summed E-state index contributed by atoms with van der Waals surface area (Å²) in [4.78, 5) is 11.5. The van der Waals surface area contributed by atoms with Crippen molar-refractivity contribution in [2.75, 3.05) is 12.3 Å². The molecule has 0 radical (unpaired) electrons. The summed E-state index contributed by atoms with van der Waals surface area (Å²) in [5, 5.41) is 19.6. The van der Waals surface area contributed by atoms with Crippen molar-refractivity contribution < 1.29 is 13.9 Å². The Bertz CT molecular complexity index is 684. The Labute approximate surface area is 142 Å². The molecule has 2 rings (SSSR count). The molecule has 1 amide bonds. The van der Waals surface area contributed by atoms with E-state index >= 15 is 0 Å². The van der Waals surface area contributed by atoms with Gasteiger partial charge in [0.1, 0.15) is 5.75 Å². The number of carbonyl (C=O) groups excluding carboxylic acids is 1. The van der Waals surface area contributed by atoms with Gasteiger partial charge in [0.15, 0.2) is 6.61 Å². The van der Waals surface area contributed by atoms with Crippen molar-refractivity contribution in [1.29, 1.82) is 5.26 Å². The van der Waals surface area contributed by atoms with Gasteiger partial charge in [-0.1, -0.05) is 23.4 Å². The fourth-order valence-corrected chi connectivity index (χ4v) is 2.20. The number of benzene rings is 1. The lowest BCUT2D eigenvalue weighted by molar-refractivity contribution is -0.118. The zero-order valence-electron chi connectivity index (χ0n) is 12.0. The average molecular weight is 353 g/mol. The number of nitriles is 1. The van der Waals surface area contributed by atoms with Crippen molar-refractivity contribution >= 4 is 29.3 Å². The molecule has 1 aromatic heterocycles. The minimum absolute atomic E-state index is 0.129. The predicted octanol–water partition coefficient (Wildman–Crippen LogP) is 2.42. The fraction of sp³-hybridized carbons (Fsp3) is 0.286. The van der Waals surface area contributed by atoms with Gasteiger partial charge in [-0.15, -0.1) is 10.2 Å². The molecule has 2 aromatic rings. The van der Waals surface area contributed by atoms with Crippen molar-refractivity contribution in [3.05, 3.63) is 35.2 Å². The number of aromatic nitrogens is 2. The van der Waals surface area contributed by atoms with Crippen LogP contribution in [0.1, 0.15) is 12.3 Å². The SMILES string of the molecule is N#CCCNC(=O)CSc1nnc(COc2ccc(Cl)cc2)o1. The first kappa shape index (κ1) is 17.1. The number of nitrogens with one attached hydrogen (secondary N) is 1. The third-order valence-electron chi connectivity index (χ3n) is 2.51. The van der Waals surface area contributed by atoms with E-state index in [0.717, 1.165) is 11.8 Å². The summed E-state index contributed by atoms with van der Waals surface area (Å²) in [7, 11) is 0. The number of ether oxygens (including phenoxy) is 1. The summed E-state index contributed by atoms with van der Waals surface area (Å²) in [6.07, 6.45) is 0.281. The Balaban J connectivity index is 1.74. The van der Waals surface area contributed by atoms with Gasteiger partial charge in [0, 0.05) is 11.6 Å². The molecule has 0 aliphatic carbocycles. The maximum absolute atomic E-state index is 11.5. The molecule has 1 heterocycles. The van der Waals surface area contributed by atoms with Crippen LogP contribution in [-0.4, -0.2) is 28.4 Å². The Morgan fingerprint density at radius 2 is 2.17 bits per heavy atom. The lowest BCUT2D eigenvalue weighted by Crippen LogP contribution is -2.25. The minimum atomic E-state index is -0.192. The molecule has 23 heavy (non-hydrogen) atoms. The van der Waals surface area contributed by atoms with E-state index in [1.165, 1.54) is 0 Å². The largest absolute Gasteiger partial charge is 0.484 e. The quantitative estimate of drug-likeness (QED) is 0.575. The molecule has 120 valence electrons. The van der Waals surface area contributed by atoms with Crippen LogP contribution in [0.4, 0.5) is 0 Å². The second-order valence-corrected chi connectivity index (χ2v) is 5.61. The van der Waals surface area contributed by atoms with Crippen LogP contribution in [-0.2, 0) is 11.4 Å². The van der Waals surface area contributed by atoms with Crippen LogP contribution in [0.5, 0.6) is 5.75 Å². The Hall–Kier alpha value is -2.24. The van der Waals surface area contributed by atoms with Crippen LogP contribution in [0.2, 0.25) is 5.02 Å². The maximum atomic E-state index is 11.5. The zero-order valence-corrected chi connectivity index (χ0v) is 13.6. The predicted molar refractivity (Wildman–Crippen MR) is 84.0 cm³/mol. The Kier molecular flexibility index (Phi) is 6.72. The summed E-state index contributed by atoms with van der Waals surface area (Å²) < 4.78 is 10.8. The summed E-state index contributed by atoms with van der Waals surface area (Å²) in [5.74, 6) is 0.902. The van der Waals surface area contributed by atoms with E-state index < -0.39 is 0 Å². The van der Waals surface area contributed by atoms with E-state index in [0.29, 0.717) is 23.2 Å². The number of amides is 1. The number of nitrogens with zero attached hydrogens (tertiary/aromatic N) is 3. The van der Waals surface area contributed by atoms with Gasteiger partial charge in [0.25, 0.3) is 11.1 Å². The van der Waals surface area contributed by atoms with E-state index in [1.807, 2.05) is 6.07 Å². The first-order chi connectivity index (χ1) is 11.2. The topological polar surface area (TPSA) is 101 Å². The highest BCUT2D eigenvalue weighted by molar-refractivity contribution is 7.99. The van der Waals surface area contributed by atoms with Crippen LogP contribution in [0.15, 0.2) is 33.9 Å². The van der Waals surface area contributed by atoms with Gasteiger partial charge in [0.05, 0.1) is 18.2 Å². The van der Waals surface area contributed by atoms with Crippen LogP contribution in [0, 0.1) is 11.3 Å². The van der Waals surface area contributed by atoms with Crippen LogP contribution in [0.3, 0.4) is 0 Å². The van der Waals surface area contributed by atoms with Crippen LogP contribution >= 0.6 is 23.4 Å². The summed E-state index contributed by atoms with van der Waals surface area (Å²) >= 11 is 6.91. The second-order valence-electron chi connectivity index (χ2n) is 4.25. The molecule has 0 atom stereocenters. The minimum Gasteiger partial charge on any atom is -0.484 e. The molecule has 1 aromatic carbocycles. The Morgan fingerprint density at radius 3 is 2.91 bits per heavy atom. The molecule has 0 unspecified atom stereocenters. The van der Waals surface area contributed by atoms with E-state index in [1.54, 1.807) is 24.3 Å². The standard InChI is InChI=1S/C14H13ClN4O3S/c15-10-2-4-11(5-3-10)21-8-13-18-19-14(22-13)23-9-12(20)17-7-1-6-16/h2-5H,1,7-9H2,(H,17,20). The molecule has 7 nitrogen and oxygen atoms in total. The molecule has 0 fully saturated rings. The summed E-state index contributed by atoms with van der Waals surface area (Å²) in [6.45, 7) is 0.462. The molecule has 0 spiro atoms. The average Bonchev–Trinajstić information content (AvgIpc) is 3.01. The van der Waals surface area contributed by atoms with Crippen LogP contribution < -0.4 is 10.1 Å². The monoisotopic (exact) mass is 352 g/mol. The normalized spacial score (nSPS) is 10.1. The molecular weight excluding hydrogens is 340 g/mol. The van der Waals surface area contributed by atoms with Crippen molar-refractivity contribution in [2.45, 2.75) is 18.3 Å². The number of halogens is 1. The fourth-order valence-electron chi connectivity index (χ4n) is 1.47. The highest BCUT2D eigenvalue weighted by atomic mass is 35.5. The van der Waals surface area contributed by atoms with E-state index in [4.69, 9.17) is 26.0 Å². The zero-order chi connectivity index (χ0) is 16.5. The van der Waals surface area contributed by atoms with Gasteiger partial charge in [-0.3, -0.25) is 4.79 Å². The highest BCUT2D eigenvalue weighted by Gasteiger charge is 2.10. The van der Waals surface area contributed by atoms with Gasteiger partial charge in [-0.25, -0.2) is 0 Å². The molecule has 0 aliphatic heterocycles. The number of rotatable bonds is 8. The molecule has 1 N–H and O–H groups in total. The number of hydrogen-bond donors (Lipinski definition) is 1. The first-order valence-corrected chi connectivity index (χ1v) is 8.01.